The normalized spacial score (nSPS) is 30.2. The maximum atomic E-state index is 14.0. The predicted molar refractivity (Wildman–Crippen MR) is 162 cm³/mol. The van der Waals surface area contributed by atoms with Crippen molar-refractivity contribution in [1.29, 1.82) is 0 Å². The molecule has 44 heavy (non-hydrogen) atoms. The van der Waals surface area contributed by atoms with Gasteiger partial charge in [0.1, 0.15) is 11.7 Å². The van der Waals surface area contributed by atoms with Crippen LogP contribution in [-0.2, 0) is 31.0 Å². The molecule has 1 amide bonds. The van der Waals surface area contributed by atoms with E-state index in [1.807, 2.05) is 17.0 Å². The minimum atomic E-state index is -0.820. The molecule has 0 N–H and O–H groups in total. The lowest BCUT2D eigenvalue weighted by molar-refractivity contribution is -0.224. The molecule has 2 aromatic rings. The number of benzene rings is 1. The van der Waals surface area contributed by atoms with Crippen molar-refractivity contribution in [1.82, 2.24) is 9.80 Å². The van der Waals surface area contributed by atoms with E-state index in [9.17, 15) is 14.4 Å². The van der Waals surface area contributed by atoms with Crippen LogP contribution in [0.15, 0.2) is 41.2 Å². The second-order valence-corrected chi connectivity index (χ2v) is 13.8. The Morgan fingerprint density at radius 2 is 1.93 bits per heavy atom. The van der Waals surface area contributed by atoms with Crippen molar-refractivity contribution in [3.8, 4) is 11.5 Å². The number of piperidine rings is 1. The highest BCUT2D eigenvalue weighted by atomic mass is 16.6. The molecule has 3 aliphatic carbocycles. The van der Waals surface area contributed by atoms with Gasteiger partial charge in [0.2, 0.25) is 5.91 Å². The van der Waals surface area contributed by atoms with E-state index in [0.29, 0.717) is 36.8 Å². The Morgan fingerprint density at radius 3 is 2.61 bits per heavy atom. The number of esters is 2. The predicted octanol–water partition coefficient (Wildman–Crippen LogP) is 4.91. The summed E-state index contributed by atoms with van der Waals surface area (Å²) in [5, 5.41) is 0. The van der Waals surface area contributed by atoms with Crippen molar-refractivity contribution in [2.45, 2.75) is 95.4 Å². The van der Waals surface area contributed by atoms with Crippen LogP contribution in [0.2, 0.25) is 0 Å². The fourth-order valence-corrected chi connectivity index (χ4v) is 8.85. The van der Waals surface area contributed by atoms with Crippen LogP contribution in [0.25, 0.3) is 6.08 Å². The van der Waals surface area contributed by atoms with E-state index in [1.165, 1.54) is 26.7 Å². The van der Waals surface area contributed by atoms with Crippen molar-refractivity contribution in [3.63, 3.8) is 0 Å². The van der Waals surface area contributed by atoms with Gasteiger partial charge >= 0.3 is 11.9 Å². The topological polar surface area (TPSA) is 98.5 Å². The van der Waals surface area contributed by atoms with Gasteiger partial charge in [-0.15, -0.1) is 0 Å². The van der Waals surface area contributed by atoms with Gasteiger partial charge in [-0.2, -0.15) is 0 Å². The number of likely N-dealkylation sites (tertiary alicyclic amines) is 1. The zero-order valence-corrected chi connectivity index (χ0v) is 26.0. The van der Waals surface area contributed by atoms with Gasteiger partial charge in [-0.25, -0.2) is 0 Å². The average Bonchev–Trinajstić information content (AvgIpc) is 3.48. The fraction of sp³-hybridized carbons (Fsp3) is 0.571. The van der Waals surface area contributed by atoms with E-state index < -0.39 is 23.1 Å². The van der Waals surface area contributed by atoms with E-state index in [1.54, 1.807) is 24.7 Å². The second kappa shape index (κ2) is 10.8. The number of carbonyl (C=O) groups excluding carboxylic acids is 3. The van der Waals surface area contributed by atoms with E-state index in [4.69, 9.17) is 18.6 Å². The highest BCUT2D eigenvalue weighted by Crippen LogP contribution is 2.67. The van der Waals surface area contributed by atoms with Crippen LogP contribution in [0.5, 0.6) is 11.5 Å². The Kier molecular flexibility index (Phi) is 7.15. The summed E-state index contributed by atoms with van der Waals surface area (Å²) in [5.74, 6) is 1.03. The van der Waals surface area contributed by atoms with Gasteiger partial charge < -0.3 is 23.5 Å². The number of hydrogen-bond donors (Lipinski definition) is 0. The Bertz CT molecular complexity index is 1490. The summed E-state index contributed by atoms with van der Waals surface area (Å²) in [5.41, 5.74) is 1.46. The molecule has 3 heterocycles. The number of rotatable bonds is 9. The molecule has 9 nitrogen and oxygen atoms in total. The van der Waals surface area contributed by atoms with E-state index in [0.717, 1.165) is 42.6 Å². The van der Waals surface area contributed by atoms with Gasteiger partial charge in [0.25, 0.3) is 0 Å². The molecular formula is C35H42N2O7. The summed E-state index contributed by atoms with van der Waals surface area (Å²) in [6.07, 6.45) is 11.3. The first-order chi connectivity index (χ1) is 21.1. The van der Waals surface area contributed by atoms with Gasteiger partial charge in [-0.1, -0.05) is 19.9 Å². The Hall–Kier alpha value is -3.59. The number of hydrogen-bond acceptors (Lipinski definition) is 8. The summed E-state index contributed by atoms with van der Waals surface area (Å²) < 4.78 is 24.5. The lowest BCUT2D eigenvalue weighted by Gasteiger charge is -2.65. The molecule has 0 unspecified atom stereocenters. The van der Waals surface area contributed by atoms with Gasteiger partial charge in [-0.05, 0) is 80.7 Å². The molecule has 1 saturated heterocycles. The highest BCUT2D eigenvalue weighted by Gasteiger charge is 2.76. The molecule has 2 saturated carbocycles. The first kappa shape index (κ1) is 29.1. The Balaban J connectivity index is 1.37. The van der Waals surface area contributed by atoms with E-state index >= 15 is 0 Å². The summed E-state index contributed by atoms with van der Waals surface area (Å²) in [6.45, 7) is 9.52. The lowest BCUT2D eigenvalue weighted by Crippen LogP contribution is -2.79. The maximum Gasteiger partial charge on any atom is 0.308 e. The van der Waals surface area contributed by atoms with Crippen molar-refractivity contribution in [2.24, 2.45) is 11.8 Å². The number of nitrogens with zero attached hydrogens (tertiary/aromatic N) is 2. The van der Waals surface area contributed by atoms with Crippen molar-refractivity contribution in [3.05, 3.63) is 53.5 Å². The first-order valence-electron chi connectivity index (χ1n) is 16.1. The zero-order valence-electron chi connectivity index (χ0n) is 26.0. The monoisotopic (exact) mass is 602 g/mol. The summed E-state index contributed by atoms with van der Waals surface area (Å²) >= 11 is 0. The molecule has 7 rings (SSSR count). The molecule has 234 valence electrons. The third kappa shape index (κ3) is 4.57. The van der Waals surface area contributed by atoms with E-state index in [2.05, 4.69) is 24.8 Å². The van der Waals surface area contributed by atoms with Crippen LogP contribution in [0, 0.1) is 11.8 Å². The summed E-state index contributed by atoms with van der Waals surface area (Å²) in [4.78, 5) is 43.7. The molecule has 0 radical (unpaired) electrons. The number of amides is 1. The van der Waals surface area contributed by atoms with Gasteiger partial charge in [-0.3, -0.25) is 19.3 Å². The molecule has 2 bridgehead atoms. The van der Waals surface area contributed by atoms with Gasteiger partial charge in [0.15, 0.2) is 11.5 Å². The molecule has 9 heteroatoms. The summed E-state index contributed by atoms with van der Waals surface area (Å²) in [7, 11) is 0. The molecular weight excluding hydrogens is 560 g/mol. The third-order valence-corrected chi connectivity index (χ3v) is 10.5. The Labute approximate surface area is 258 Å². The average molecular weight is 603 g/mol. The van der Waals surface area contributed by atoms with Crippen LogP contribution in [0.4, 0.5) is 0 Å². The fourth-order valence-electron chi connectivity index (χ4n) is 8.85. The minimum absolute atomic E-state index is 0.000984. The SMILES string of the molecule is CC(=O)Oc1ccc2c3c1O[C@H]1[C@H](N(CC(C)C)C(=O)/C=C/c4ccoc4)CC[C@@]4(OC(C)=O)[C@@H](C2)N(CC2CC2)CC[C@]314. The van der Waals surface area contributed by atoms with Crippen molar-refractivity contribution < 1.29 is 33.0 Å². The van der Waals surface area contributed by atoms with Crippen LogP contribution in [0.3, 0.4) is 0 Å². The quantitative estimate of drug-likeness (QED) is 0.227. The van der Waals surface area contributed by atoms with Crippen molar-refractivity contribution in [2.75, 3.05) is 19.6 Å². The molecule has 3 fully saturated rings. The van der Waals surface area contributed by atoms with Crippen LogP contribution in [-0.4, -0.2) is 71.1 Å². The molecule has 1 spiro atoms. The van der Waals surface area contributed by atoms with E-state index in [-0.39, 0.29) is 29.9 Å². The zero-order chi connectivity index (χ0) is 30.8. The lowest BCUT2D eigenvalue weighted by atomic mass is 9.48. The number of ether oxygens (including phenoxy) is 3. The number of carbonyl (C=O) groups is 3. The second-order valence-electron chi connectivity index (χ2n) is 13.8. The van der Waals surface area contributed by atoms with Crippen LogP contribution < -0.4 is 9.47 Å². The molecule has 5 atom stereocenters. The van der Waals surface area contributed by atoms with Gasteiger partial charge in [0.05, 0.1) is 30.0 Å². The molecule has 1 aromatic heterocycles. The molecule has 1 aromatic carbocycles. The largest absolute Gasteiger partial charge is 0.483 e. The van der Waals surface area contributed by atoms with Crippen LogP contribution >= 0.6 is 0 Å². The minimum Gasteiger partial charge on any atom is -0.483 e. The third-order valence-electron chi connectivity index (χ3n) is 10.5. The number of furan rings is 1. The Morgan fingerprint density at radius 1 is 1.11 bits per heavy atom. The molecule has 5 aliphatic rings. The standard InChI is InChI=1S/C35H42N2O7/c1-21(2)18-37(30(40)10-7-25-12-16-41-20-25)27-11-13-35(44-23(4)39)29-17-26-8-9-28(42-22(3)38)32-31(26)34(35,33(27)43-32)14-15-36(29)19-24-5-6-24/h7-10,12,16,20-21,24,27,29,33H,5-6,11,13-15,17-19H2,1-4H3/b10-7+/t27-,29-,33+,34+,35-/m1/s1. The smallest absolute Gasteiger partial charge is 0.308 e. The maximum absolute atomic E-state index is 14.0. The summed E-state index contributed by atoms with van der Waals surface area (Å²) in [6, 6.07) is 5.44. The van der Waals surface area contributed by atoms with Crippen molar-refractivity contribution >= 4 is 23.9 Å². The molecule has 2 aliphatic heterocycles. The first-order valence-corrected chi connectivity index (χ1v) is 16.1. The van der Waals surface area contributed by atoms with Crippen LogP contribution in [0.1, 0.15) is 76.5 Å². The van der Waals surface area contributed by atoms with Gasteiger partial charge in [0, 0.05) is 44.1 Å². The highest BCUT2D eigenvalue weighted by molar-refractivity contribution is 5.92.